The van der Waals surface area contributed by atoms with Gasteiger partial charge in [0.1, 0.15) is 19.3 Å². The van der Waals surface area contributed by atoms with Crippen LogP contribution in [-0.2, 0) is 27.9 Å². The monoisotopic (exact) mass is 758 g/mol. The van der Waals surface area contributed by atoms with Crippen molar-refractivity contribution in [3.05, 3.63) is 24.3 Å². The standard InChI is InChI=1S/C43H84NO7P/c1-6-8-10-12-14-16-18-19-20-21-22-23-24-25-27-29-31-33-35-38-48-40-42(41-50-52(46,47)49-39-37-44(3,4)5)51-43(45)36-34-32-30-28-26-17-15-13-11-9-7-2/h16,18,20-21,42H,6-15,17,19,22-41H2,1-5H3/b18-16-,21-20-. The molecule has 0 bridgehead atoms. The number of phosphoric ester groups is 1. The minimum atomic E-state index is -4.52. The van der Waals surface area contributed by atoms with Crippen LogP contribution in [-0.4, -0.2) is 70.7 Å². The van der Waals surface area contributed by atoms with E-state index < -0.39 is 13.9 Å². The number of unbranched alkanes of at least 4 members (excludes halogenated alkanes) is 22. The molecule has 8 nitrogen and oxygen atoms in total. The fraction of sp³-hybridized carbons (Fsp3) is 0.884. The van der Waals surface area contributed by atoms with Gasteiger partial charge in [-0.3, -0.25) is 9.36 Å². The molecule has 0 rings (SSSR count). The van der Waals surface area contributed by atoms with Gasteiger partial charge in [0, 0.05) is 13.0 Å². The van der Waals surface area contributed by atoms with Crippen molar-refractivity contribution < 1.29 is 37.3 Å². The summed E-state index contributed by atoms with van der Waals surface area (Å²) in [6.07, 6.45) is 40.4. The van der Waals surface area contributed by atoms with Gasteiger partial charge < -0.3 is 27.9 Å². The zero-order valence-corrected chi connectivity index (χ0v) is 35.7. The molecule has 0 spiro atoms. The van der Waals surface area contributed by atoms with E-state index in [2.05, 4.69) is 38.2 Å². The molecule has 0 heterocycles. The van der Waals surface area contributed by atoms with Gasteiger partial charge in [0.25, 0.3) is 7.82 Å². The minimum Gasteiger partial charge on any atom is -0.756 e. The molecule has 0 aliphatic carbocycles. The number of quaternary nitrogens is 1. The van der Waals surface area contributed by atoms with E-state index in [1.807, 2.05) is 21.1 Å². The number of allylic oxidation sites excluding steroid dienone is 4. The van der Waals surface area contributed by atoms with E-state index in [4.69, 9.17) is 18.5 Å². The van der Waals surface area contributed by atoms with Crippen LogP contribution in [0.3, 0.4) is 0 Å². The van der Waals surface area contributed by atoms with Crippen LogP contribution in [0.2, 0.25) is 0 Å². The molecule has 0 saturated carbocycles. The highest BCUT2D eigenvalue weighted by atomic mass is 31.2. The normalized spacial score (nSPS) is 14.0. The molecule has 0 saturated heterocycles. The molecule has 0 radical (unpaired) electrons. The van der Waals surface area contributed by atoms with Gasteiger partial charge in [0.05, 0.1) is 34.4 Å². The Bertz CT molecular complexity index is 889. The smallest absolute Gasteiger partial charge is 0.306 e. The number of nitrogens with zero attached hydrogens (tertiary/aromatic N) is 1. The van der Waals surface area contributed by atoms with Gasteiger partial charge in [-0.1, -0.05) is 160 Å². The van der Waals surface area contributed by atoms with E-state index in [9.17, 15) is 14.3 Å². The molecule has 0 aliphatic rings. The Kier molecular flexibility index (Phi) is 36.2. The number of esters is 1. The van der Waals surface area contributed by atoms with E-state index in [-0.39, 0.29) is 25.8 Å². The average Bonchev–Trinajstić information content (AvgIpc) is 3.09. The number of ether oxygens (including phenoxy) is 2. The molecular weight excluding hydrogens is 673 g/mol. The first kappa shape index (κ1) is 51.0. The van der Waals surface area contributed by atoms with Crippen molar-refractivity contribution in [1.82, 2.24) is 0 Å². The third-order valence-corrected chi connectivity index (χ3v) is 10.2. The Hall–Kier alpha value is -1.02. The zero-order chi connectivity index (χ0) is 38.4. The second-order valence-corrected chi connectivity index (χ2v) is 17.1. The lowest BCUT2D eigenvalue weighted by molar-refractivity contribution is -0.870. The van der Waals surface area contributed by atoms with Gasteiger partial charge in [0.2, 0.25) is 0 Å². The highest BCUT2D eigenvalue weighted by Gasteiger charge is 2.20. The largest absolute Gasteiger partial charge is 0.756 e. The van der Waals surface area contributed by atoms with E-state index in [0.29, 0.717) is 24.1 Å². The van der Waals surface area contributed by atoms with Crippen molar-refractivity contribution >= 4 is 13.8 Å². The van der Waals surface area contributed by atoms with E-state index in [1.54, 1.807) is 0 Å². The Balaban J connectivity index is 4.19. The van der Waals surface area contributed by atoms with Crippen LogP contribution in [0.4, 0.5) is 0 Å². The first-order valence-corrected chi connectivity index (χ1v) is 23.0. The maximum absolute atomic E-state index is 12.6. The SMILES string of the molecule is CCCCCC/C=C\C/C=C\CCCCCCCCCCOCC(COP(=O)([O-])OCC[N+](C)(C)C)OC(=O)CCCCCCCCCCCCC. The fourth-order valence-corrected chi connectivity index (χ4v) is 6.60. The first-order chi connectivity index (χ1) is 25.1. The number of likely N-dealkylation sites (N-methyl/N-ethyl adjacent to an activating group) is 1. The zero-order valence-electron chi connectivity index (χ0n) is 34.8. The summed E-state index contributed by atoms with van der Waals surface area (Å²) in [6, 6.07) is 0. The van der Waals surface area contributed by atoms with Crippen LogP contribution in [0.15, 0.2) is 24.3 Å². The van der Waals surface area contributed by atoms with E-state index >= 15 is 0 Å². The maximum Gasteiger partial charge on any atom is 0.306 e. The highest BCUT2D eigenvalue weighted by Crippen LogP contribution is 2.38. The summed E-state index contributed by atoms with van der Waals surface area (Å²) in [4.78, 5) is 25.0. The van der Waals surface area contributed by atoms with Crippen molar-refractivity contribution in [2.45, 2.75) is 193 Å². The summed E-state index contributed by atoms with van der Waals surface area (Å²) >= 11 is 0. The topological polar surface area (TPSA) is 94.1 Å². The number of rotatable bonds is 40. The van der Waals surface area contributed by atoms with Gasteiger partial charge in [0.15, 0.2) is 0 Å². The van der Waals surface area contributed by atoms with Crippen molar-refractivity contribution in [1.29, 1.82) is 0 Å². The van der Waals surface area contributed by atoms with Gasteiger partial charge in [-0.05, 0) is 44.9 Å². The summed E-state index contributed by atoms with van der Waals surface area (Å²) in [5.41, 5.74) is 0. The molecule has 0 aromatic heterocycles. The van der Waals surface area contributed by atoms with Crippen LogP contribution >= 0.6 is 7.82 Å². The Morgan fingerprint density at radius 2 is 1.06 bits per heavy atom. The van der Waals surface area contributed by atoms with Crippen LogP contribution in [0.5, 0.6) is 0 Å². The number of hydrogen-bond donors (Lipinski definition) is 0. The molecule has 2 unspecified atom stereocenters. The minimum absolute atomic E-state index is 0.0266. The van der Waals surface area contributed by atoms with Crippen LogP contribution in [0, 0.1) is 0 Å². The lowest BCUT2D eigenvalue weighted by atomic mass is 10.1. The van der Waals surface area contributed by atoms with Crippen molar-refractivity contribution in [3.8, 4) is 0 Å². The van der Waals surface area contributed by atoms with Crippen LogP contribution in [0.25, 0.3) is 0 Å². The van der Waals surface area contributed by atoms with Crippen molar-refractivity contribution in [2.75, 3.05) is 54.1 Å². The third-order valence-electron chi connectivity index (χ3n) is 9.26. The summed E-state index contributed by atoms with van der Waals surface area (Å²) in [7, 11) is 1.36. The number of carbonyl (C=O) groups excluding carboxylic acids is 1. The molecule has 308 valence electrons. The van der Waals surface area contributed by atoms with E-state index in [0.717, 1.165) is 38.5 Å². The molecule has 0 fully saturated rings. The summed E-state index contributed by atoms with van der Waals surface area (Å²) in [6.45, 7) is 5.39. The Labute approximate surface area is 322 Å². The summed E-state index contributed by atoms with van der Waals surface area (Å²) in [5, 5.41) is 0. The second-order valence-electron chi connectivity index (χ2n) is 15.7. The van der Waals surface area contributed by atoms with Gasteiger partial charge in [-0.15, -0.1) is 0 Å². The van der Waals surface area contributed by atoms with E-state index in [1.165, 1.54) is 128 Å². The molecular formula is C43H84NO7P. The first-order valence-electron chi connectivity index (χ1n) is 21.6. The second kappa shape index (κ2) is 36.9. The fourth-order valence-electron chi connectivity index (χ4n) is 5.87. The lowest BCUT2D eigenvalue weighted by Crippen LogP contribution is -2.37. The highest BCUT2D eigenvalue weighted by molar-refractivity contribution is 7.45. The Morgan fingerprint density at radius 3 is 1.58 bits per heavy atom. The molecule has 9 heteroatoms. The number of hydrogen-bond acceptors (Lipinski definition) is 7. The maximum atomic E-state index is 12.6. The van der Waals surface area contributed by atoms with Gasteiger partial charge >= 0.3 is 5.97 Å². The molecule has 0 aromatic carbocycles. The average molecular weight is 758 g/mol. The molecule has 0 aliphatic heterocycles. The third kappa shape index (κ3) is 40.2. The summed E-state index contributed by atoms with van der Waals surface area (Å²) in [5.74, 6) is -0.337. The Morgan fingerprint density at radius 1 is 0.596 bits per heavy atom. The molecule has 0 N–H and O–H groups in total. The number of carbonyl (C=O) groups is 1. The summed E-state index contributed by atoms with van der Waals surface area (Å²) < 4.78 is 34.5. The lowest BCUT2D eigenvalue weighted by Gasteiger charge is -2.28. The van der Waals surface area contributed by atoms with Crippen molar-refractivity contribution in [3.63, 3.8) is 0 Å². The quantitative estimate of drug-likeness (QED) is 0.0202. The molecule has 0 aromatic rings. The van der Waals surface area contributed by atoms with Gasteiger partial charge in [-0.25, -0.2) is 0 Å². The predicted molar refractivity (Wildman–Crippen MR) is 217 cm³/mol. The predicted octanol–water partition coefficient (Wildman–Crippen LogP) is 11.8. The van der Waals surface area contributed by atoms with Crippen LogP contribution < -0.4 is 4.89 Å². The molecule has 0 amide bonds. The van der Waals surface area contributed by atoms with Gasteiger partial charge in [-0.2, -0.15) is 0 Å². The molecule has 2 atom stereocenters. The van der Waals surface area contributed by atoms with Crippen molar-refractivity contribution in [2.24, 2.45) is 0 Å². The molecule has 52 heavy (non-hydrogen) atoms. The van der Waals surface area contributed by atoms with Crippen LogP contribution in [0.1, 0.15) is 187 Å². The number of phosphoric acid groups is 1.